The lowest BCUT2D eigenvalue weighted by Crippen LogP contribution is -2.57. The smallest absolute Gasteiger partial charge is 0.321 e. The number of piperazine rings is 1. The monoisotopic (exact) mass is 397 g/mol. The maximum atomic E-state index is 12.8. The summed E-state index contributed by atoms with van der Waals surface area (Å²) in [6.45, 7) is 4.74. The molecule has 0 bridgehead atoms. The largest absolute Gasteiger partial charge is 0.467 e. The summed E-state index contributed by atoms with van der Waals surface area (Å²) in [7, 11) is 0. The van der Waals surface area contributed by atoms with Crippen LogP contribution >= 0.6 is 0 Å². The Morgan fingerprint density at radius 3 is 2.66 bits per heavy atom. The molecule has 1 amide bonds. The van der Waals surface area contributed by atoms with Gasteiger partial charge in [-0.05, 0) is 31.2 Å². The van der Waals surface area contributed by atoms with E-state index in [2.05, 4.69) is 20.2 Å². The van der Waals surface area contributed by atoms with Crippen molar-refractivity contribution in [3.63, 3.8) is 0 Å². The SMILES string of the molecule is CCOC(=O)[C@@H]1C(=O)NC(N2CCN(c3ccccn3)CC2)=N[C@H]1c1ccco1. The summed E-state index contributed by atoms with van der Waals surface area (Å²) in [6, 6.07) is 8.51. The highest BCUT2D eigenvalue weighted by Crippen LogP contribution is 2.31. The number of esters is 1. The van der Waals surface area contributed by atoms with E-state index in [1.807, 2.05) is 23.1 Å². The molecule has 2 aliphatic heterocycles. The van der Waals surface area contributed by atoms with Gasteiger partial charge in [-0.25, -0.2) is 9.98 Å². The number of nitrogens with zero attached hydrogens (tertiary/aromatic N) is 4. The molecule has 1 fully saturated rings. The summed E-state index contributed by atoms with van der Waals surface area (Å²) in [4.78, 5) is 38.4. The third kappa shape index (κ3) is 3.94. The first-order valence-corrected chi connectivity index (χ1v) is 9.67. The number of carbonyl (C=O) groups is 2. The van der Waals surface area contributed by atoms with Crippen molar-refractivity contribution >= 4 is 23.7 Å². The number of nitrogens with one attached hydrogen (secondary N) is 1. The molecule has 1 N–H and O–H groups in total. The van der Waals surface area contributed by atoms with Crippen LogP contribution in [0.5, 0.6) is 0 Å². The second-order valence-corrected chi connectivity index (χ2v) is 6.79. The molecule has 0 aromatic carbocycles. The van der Waals surface area contributed by atoms with Crippen molar-refractivity contribution in [1.29, 1.82) is 0 Å². The fraction of sp³-hybridized carbons (Fsp3) is 0.400. The van der Waals surface area contributed by atoms with Crippen LogP contribution in [0.3, 0.4) is 0 Å². The van der Waals surface area contributed by atoms with Gasteiger partial charge in [-0.1, -0.05) is 6.07 Å². The highest BCUT2D eigenvalue weighted by Gasteiger charge is 2.43. The number of aromatic nitrogens is 1. The number of hydrogen-bond acceptors (Lipinski definition) is 8. The molecule has 4 heterocycles. The second-order valence-electron chi connectivity index (χ2n) is 6.79. The van der Waals surface area contributed by atoms with Crippen LogP contribution in [-0.4, -0.2) is 60.5 Å². The Balaban J connectivity index is 1.53. The number of guanidine groups is 1. The Bertz CT molecular complexity index is 876. The van der Waals surface area contributed by atoms with E-state index < -0.39 is 23.8 Å². The Hall–Kier alpha value is -3.36. The molecule has 9 heteroatoms. The van der Waals surface area contributed by atoms with Gasteiger partial charge >= 0.3 is 5.97 Å². The zero-order valence-corrected chi connectivity index (χ0v) is 16.2. The lowest BCUT2D eigenvalue weighted by Gasteiger charge is -2.39. The van der Waals surface area contributed by atoms with E-state index in [1.54, 1.807) is 25.3 Å². The van der Waals surface area contributed by atoms with Crippen LogP contribution in [0.25, 0.3) is 0 Å². The lowest BCUT2D eigenvalue weighted by molar-refractivity contribution is -0.153. The number of anilines is 1. The molecule has 9 nitrogen and oxygen atoms in total. The molecule has 2 aromatic rings. The van der Waals surface area contributed by atoms with Crippen molar-refractivity contribution in [1.82, 2.24) is 15.2 Å². The molecule has 2 atom stereocenters. The molecule has 4 rings (SSSR count). The maximum Gasteiger partial charge on any atom is 0.321 e. The van der Waals surface area contributed by atoms with Gasteiger partial charge in [0.1, 0.15) is 17.6 Å². The minimum atomic E-state index is -1.07. The van der Waals surface area contributed by atoms with Crippen LogP contribution in [0.4, 0.5) is 5.82 Å². The summed E-state index contributed by atoms with van der Waals surface area (Å²) in [6.07, 6.45) is 3.28. The predicted octanol–water partition coefficient (Wildman–Crippen LogP) is 1.20. The molecule has 0 aliphatic carbocycles. The highest BCUT2D eigenvalue weighted by atomic mass is 16.5. The number of aliphatic imine (C=N–C) groups is 1. The predicted molar refractivity (Wildman–Crippen MR) is 105 cm³/mol. The van der Waals surface area contributed by atoms with Crippen LogP contribution in [0.2, 0.25) is 0 Å². The second kappa shape index (κ2) is 8.34. The summed E-state index contributed by atoms with van der Waals surface area (Å²) >= 11 is 0. The van der Waals surface area contributed by atoms with Gasteiger partial charge in [0, 0.05) is 32.4 Å². The van der Waals surface area contributed by atoms with E-state index in [4.69, 9.17) is 9.15 Å². The normalized spacial score (nSPS) is 22.1. The molecule has 152 valence electrons. The van der Waals surface area contributed by atoms with E-state index in [-0.39, 0.29) is 6.61 Å². The van der Waals surface area contributed by atoms with Gasteiger partial charge in [-0.3, -0.25) is 14.9 Å². The highest BCUT2D eigenvalue weighted by molar-refractivity contribution is 6.08. The summed E-state index contributed by atoms with van der Waals surface area (Å²) in [5.41, 5.74) is 0. The van der Waals surface area contributed by atoms with Gasteiger partial charge in [0.25, 0.3) is 0 Å². The molecule has 29 heavy (non-hydrogen) atoms. The molecule has 2 aliphatic rings. The third-order valence-electron chi connectivity index (χ3n) is 5.02. The van der Waals surface area contributed by atoms with Gasteiger partial charge in [-0.15, -0.1) is 0 Å². The molecule has 1 saturated heterocycles. The first-order chi connectivity index (χ1) is 14.2. The minimum absolute atomic E-state index is 0.194. The summed E-state index contributed by atoms with van der Waals surface area (Å²) in [5.74, 6) is -0.256. The fourth-order valence-electron chi connectivity index (χ4n) is 3.57. The molecule has 0 saturated carbocycles. The van der Waals surface area contributed by atoms with E-state index >= 15 is 0 Å². The topological polar surface area (TPSA) is 100 Å². The number of hydrogen-bond donors (Lipinski definition) is 1. The molecule has 0 spiro atoms. The van der Waals surface area contributed by atoms with Crippen LogP contribution in [0.15, 0.2) is 52.2 Å². The molecule has 2 aromatic heterocycles. The first kappa shape index (κ1) is 19.0. The van der Waals surface area contributed by atoms with Crippen molar-refractivity contribution < 1.29 is 18.7 Å². The van der Waals surface area contributed by atoms with Gasteiger partial charge in [0.15, 0.2) is 5.92 Å². The van der Waals surface area contributed by atoms with E-state index in [0.717, 1.165) is 18.9 Å². The Kier molecular flexibility index (Phi) is 5.46. The zero-order valence-electron chi connectivity index (χ0n) is 16.2. The number of carbonyl (C=O) groups excluding carboxylic acids is 2. The quantitative estimate of drug-likeness (QED) is 0.611. The standard InChI is InChI=1S/C20H23N5O4/c1-2-28-19(27)16-17(14-6-5-13-29-14)22-20(23-18(16)26)25-11-9-24(10-12-25)15-7-3-4-8-21-15/h3-8,13,16-17H,2,9-12H2,1H3,(H,22,23,26)/t16-,17-/m0/s1. The number of ether oxygens (including phenoxy) is 1. The number of amides is 1. The van der Waals surface area contributed by atoms with Gasteiger partial charge in [-0.2, -0.15) is 0 Å². The Morgan fingerprint density at radius 1 is 1.21 bits per heavy atom. The average molecular weight is 397 g/mol. The van der Waals surface area contributed by atoms with Crippen LogP contribution < -0.4 is 10.2 Å². The lowest BCUT2D eigenvalue weighted by atomic mass is 9.95. The first-order valence-electron chi connectivity index (χ1n) is 9.67. The van der Waals surface area contributed by atoms with Crippen molar-refractivity contribution in [2.24, 2.45) is 10.9 Å². The van der Waals surface area contributed by atoms with E-state index in [0.29, 0.717) is 24.8 Å². The number of furan rings is 1. The van der Waals surface area contributed by atoms with Crippen molar-refractivity contribution in [2.75, 3.05) is 37.7 Å². The van der Waals surface area contributed by atoms with Crippen LogP contribution in [0, 0.1) is 5.92 Å². The molecule has 0 radical (unpaired) electrons. The van der Waals surface area contributed by atoms with Crippen molar-refractivity contribution in [3.8, 4) is 0 Å². The van der Waals surface area contributed by atoms with Crippen LogP contribution in [-0.2, 0) is 14.3 Å². The molecule has 0 unspecified atom stereocenters. The maximum absolute atomic E-state index is 12.8. The summed E-state index contributed by atoms with van der Waals surface area (Å²) in [5, 5.41) is 2.78. The number of pyridine rings is 1. The zero-order chi connectivity index (χ0) is 20.2. The fourth-order valence-corrected chi connectivity index (χ4v) is 3.57. The number of rotatable bonds is 4. The van der Waals surface area contributed by atoms with Crippen molar-refractivity contribution in [3.05, 3.63) is 48.6 Å². The minimum Gasteiger partial charge on any atom is -0.467 e. The van der Waals surface area contributed by atoms with Gasteiger partial charge in [0.2, 0.25) is 11.9 Å². The average Bonchev–Trinajstić information content (AvgIpc) is 3.29. The van der Waals surface area contributed by atoms with Crippen molar-refractivity contribution in [2.45, 2.75) is 13.0 Å². The molecular weight excluding hydrogens is 374 g/mol. The van der Waals surface area contributed by atoms with Gasteiger partial charge in [0.05, 0.1) is 12.9 Å². The summed E-state index contributed by atoms with van der Waals surface area (Å²) < 4.78 is 10.5. The van der Waals surface area contributed by atoms with E-state index in [9.17, 15) is 9.59 Å². The third-order valence-corrected chi connectivity index (χ3v) is 5.02. The Morgan fingerprint density at radius 2 is 2.00 bits per heavy atom. The van der Waals surface area contributed by atoms with Gasteiger partial charge < -0.3 is 19.0 Å². The Labute approximate surface area is 168 Å². The van der Waals surface area contributed by atoms with E-state index in [1.165, 1.54) is 6.26 Å². The molecular formula is C20H23N5O4. The van der Waals surface area contributed by atoms with Crippen LogP contribution in [0.1, 0.15) is 18.7 Å².